The van der Waals surface area contributed by atoms with E-state index < -0.39 is 0 Å². The molecule has 2 heteroatoms. The molecule has 2 aliphatic rings. The van der Waals surface area contributed by atoms with Crippen molar-refractivity contribution < 1.29 is 0 Å². The van der Waals surface area contributed by atoms with Crippen LogP contribution in [0.5, 0.6) is 0 Å². The van der Waals surface area contributed by atoms with Crippen LogP contribution >= 0.6 is 0 Å². The molecule has 2 fully saturated rings. The Bertz CT molecular complexity index is 229. The second-order valence-electron chi connectivity index (χ2n) is 6.40. The van der Waals surface area contributed by atoms with Gasteiger partial charge in [-0.1, -0.05) is 32.6 Å². The van der Waals surface area contributed by atoms with Gasteiger partial charge in [0.25, 0.3) is 0 Å². The van der Waals surface area contributed by atoms with Crippen molar-refractivity contribution in [1.82, 2.24) is 10.2 Å². The van der Waals surface area contributed by atoms with Crippen molar-refractivity contribution in [2.24, 2.45) is 5.92 Å². The third-order valence-electron chi connectivity index (χ3n) is 5.03. The van der Waals surface area contributed by atoms with Crippen LogP contribution < -0.4 is 5.32 Å². The summed E-state index contributed by atoms with van der Waals surface area (Å²) in [6, 6.07) is 1.61. The van der Waals surface area contributed by atoms with Gasteiger partial charge in [0.15, 0.2) is 0 Å². The second kappa shape index (κ2) is 7.49. The standard InChI is InChI=1S/C16H32N2/c1-3-17-16-11-6-4-5-10-15(16)13-18-12-8-7-9-14(18)2/h14-17H,3-13H2,1-2H3. The Morgan fingerprint density at radius 1 is 1.00 bits per heavy atom. The first-order chi connectivity index (χ1) is 8.81. The number of piperidine rings is 1. The molecule has 2 rings (SSSR count). The summed E-state index contributed by atoms with van der Waals surface area (Å²) in [4.78, 5) is 2.77. The van der Waals surface area contributed by atoms with Gasteiger partial charge >= 0.3 is 0 Å². The molecule has 3 atom stereocenters. The third-order valence-corrected chi connectivity index (χ3v) is 5.03. The van der Waals surface area contributed by atoms with Crippen LogP contribution in [0.1, 0.15) is 65.2 Å². The van der Waals surface area contributed by atoms with E-state index in [0.717, 1.165) is 24.5 Å². The Balaban J connectivity index is 1.90. The summed E-state index contributed by atoms with van der Waals surface area (Å²) in [5.41, 5.74) is 0. The second-order valence-corrected chi connectivity index (χ2v) is 6.40. The zero-order valence-electron chi connectivity index (χ0n) is 12.5. The number of rotatable bonds is 4. The van der Waals surface area contributed by atoms with Gasteiger partial charge in [0.1, 0.15) is 0 Å². The van der Waals surface area contributed by atoms with E-state index in [0.29, 0.717) is 0 Å². The molecule has 1 saturated carbocycles. The fraction of sp³-hybridized carbons (Fsp3) is 1.00. The number of hydrogen-bond acceptors (Lipinski definition) is 2. The van der Waals surface area contributed by atoms with Gasteiger partial charge < -0.3 is 10.2 Å². The summed E-state index contributed by atoms with van der Waals surface area (Å²) >= 11 is 0. The molecule has 0 amide bonds. The normalized spacial score (nSPS) is 35.3. The van der Waals surface area contributed by atoms with Crippen LogP contribution in [0.3, 0.4) is 0 Å². The molecule has 1 aliphatic carbocycles. The highest BCUT2D eigenvalue weighted by molar-refractivity contribution is 4.84. The predicted octanol–water partition coefficient (Wildman–Crippen LogP) is 3.42. The van der Waals surface area contributed by atoms with Gasteiger partial charge in [0, 0.05) is 18.6 Å². The van der Waals surface area contributed by atoms with Crippen LogP contribution in [-0.2, 0) is 0 Å². The minimum absolute atomic E-state index is 0.784. The van der Waals surface area contributed by atoms with Crippen molar-refractivity contribution in [2.45, 2.75) is 77.3 Å². The van der Waals surface area contributed by atoms with Gasteiger partial charge in [-0.3, -0.25) is 0 Å². The van der Waals surface area contributed by atoms with E-state index in [1.54, 1.807) is 0 Å². The fourth-order valence-electron chi connectivity index (χ4n) is 3.86. The molecule has 1 heterocycles. The maximum absolute atomic E-state index is 3.75. The number of nitrogens with zero attached hydrogens (tertiary/aromatic N) is 1. The highest BCUT2D eigenvalue weighted by Crippen LogP contribution is 2.27. The minimum atomic E-state index is 0.784. The van der Waals surface area contributed by atoms with Crippen LogP contribution in [0.2, 0.25) is 0 Å². The molecule has 3 unspecified atom stereocenters. The zero-order chi connectivity index (χ0) is 12.8. The van der Waals surface area contributed by atoms with Gasteiger partial charge in [-0.25, -0.2) is 0 Å². The lowest BCUT2D eigenvalue weighted by Crippen LogP contribution is -2.46. The van der Waals surface area contributed by atoms with Gasteiger partial charge in [0.05, 0.1) is 0 Å². The zero-order valence-corrected chi connectivity index (χ0v) is 12.5. The minimum Gasteiger partial charge on any atom is -0.314 e. The summed E-state index contributed by atoms with van der Waals surface area (Å²) in [6.45, 7) is 8.51. The van der Waals surface area contributed by atoms with Gasteiger partial charge in [0.2, 0.25) is 0 Å². The molecule has 18 heavy (non-hydrogen) atoms. The summed E-state index contributed by atoms with van der Waals surface area (Å²) < 4.78 is 0. The van der Waals surface area contributed by atoms with Gasteiger partial charge in [-0.2, -0.15) is 0 Å². The number of nitrogens with one attached hydrogen (secondary N) is 1. The Labute approximate surface area is 114 Å². The van der Waals surface area contributed by atoms with Crippen molar-refractivity contribution in [3.63, 3.8) is 0 Å². The monoisotopic (exact) mass is 252 g/mol. The van der Waals surface area contributed by atoms with Crippen LogP contribution in [0, 0.1) is 5.92 Å². The Morgan fingerprint density at radius 3 is 2.56 bits per heavy atom. The predicted molar refractivity (Wildman–Crippen MR) is 78.9 cm³/mol. The van der Waals surface area contributed by atoms with Crippen molar-refractivity contribution in [2.75, 3.05) is 19.6 Å². The molecule has 0 aromatic carbocycles. The van der Waals surface area contributed by atoms with E-state index in [2.05, 4.69) is 24.1 Å². The van der Waals surface area contributed by atoms with E-state index in [4.69, 9.17) is 0 Å². The molecule has 1 aliphatic heterocycles. The van der Waals surface area contributed by atoms with Crippen LogP contribution in [0.4, 0.5) is 0 Å². The molecule has 1 N–H and O–H groups in total. The first-order valence-electron chi connectivity index (χ1n) is 8.28. The highest BCUT2D eigenvalue weighted by Gasteiger charge is 2.27. The summed E-state index contributed by atoms with van der Waals surface area (Å²) in [6.07, 6.45) is 11.5. The van der Waals surface area contributed by atoms with Crippen molar-refractivity contribution in [3.8, 4) is 0 Å². The van der Waals surface area contributed by atoms with E-state index in [1.165, 1.54) is 64.5 Å². The van der Waals surface area contributed by atoms with E-state index in [-0.39, 0.29) is 0 Å². The lowest BCUT2D eigenvalue weighted by atomic mass is 9.92. The molecule has 0 spiro atoms. The maximum atomic E-state index is 3.75. The maximum Gasteiger partial charge on any atom is 0.0107 e. The summed E-state index contributed by atoms with van der Waals surface area (Å²) in [7, 11) is 0. The van der Waals surface area contributed by atoms with E-state index >= 15 is 0 Å². The smallest absolute Gasteiger partial charge is 0.0107 e. The summed E-state index contributed by atoms with van der Waals surface area (Å²) in [5, 5.41) is 3.75. The first kappa shape index (κ1) is 14.3. The SMILES string of the molecule is CCNC1CCCCCC1CN1CCCCC1C. The van der Waals surface area contributed by atoms with Gasteiger partial charge in [-0.05, 0) is 51.6 Å². The average Bonchev–Trinajstić information content (AvgIpc) is 2.59. The molecular formula is C16H32N2. The van der Waals surface area contributed by atoms with Crippen molar-refractivity contribution >= 4 is 0 Å². The Morgan fingerprint density at radius 2 is 1.78 bits per heavy atom. The Hall–Kier alpha value is -0.0800. The molecule has 0 bridgehead atoms. The van der Waals surface area contributed by atoms with E-state index in [9.17, 15) is 0 Å². The van der Waals surface area contributed by atoms with Crippen LogP contribution in [-0.4, -0.2) is 36.6 Å². The van der Waals surface area contributed by atoms with Crippen LogP contribution in [0.15, 0.2) is 0 Å². The number of likely N-dealkylation sites (tertiary alicyclic amines) is 1. The highest BCUT2D eigenvalue weighted by atomic mass is 15.2. The van der Waals surface area contributed by atoms with Crippen molar-refractivity contribution in [3.05, 3.63) is 0 Å². The largest absolute Gasteiger partial charge is 0.314 e. The fourth-order valence-corrected chi connectivity index (χ4v) is 3.86. The summed E-state index contributed by atoms with van der Waals surface area (Å²) in [5.74, 6) is 0.896. The lowest BCUT2D eigenvalue weighted by molar-refractivity contribution is 0.120. The topological polar surface area (TPSA) is 15.3 Å². The third kappa shape index (κ3) is 3.96. The molecule has 0 radical (unpaired) electrons. The Kier molecular flexibility index (Phi) is 5.97. The molecular weight excluding hydrogens is 220 g/mol. The molecule has 106 valence electrons. The first-order valence-corrected chi connectivity index (χ1v) is 8.28. The molecule has 0 aromatic heterocycles. The van der Waals surface area contributed by atoms with Gasteiger partial charge in [-0.15, -0.1) is 0 Å². The molecule has 1 saturated heterocycles. The van der Waals surface area contributed by atoms with Crippen molar-refractivity contribution in [1.29, 1.82) is 0 Å². The lowest BCUT2D eigenvalue weighted by Gasteiger charge is -2.38. The van der Waals surface area contributed by atoms with Crippen LogP contribution in [0.25, 0.3) is 0 Å². The number of hydrogen-bond donors (Lipinski definition) is 1. The average molecular weight is 252 g/mol. The molecule has 2 nitrogen and oxygen atoms in total. The quantitative estimate of drug-likeness (QED) is 0.771. The van der Waals surface area contributed by atoms with E-state index in [1.807, 2.05) is 0 Å². The molecule has 0 aromatic rings.